The molecular weight excluding hydrogens is 617 g/mol. The lowest BCUT2D eigenvalue weighted by Crippen LogP contribution is -2.46. The van der Waals surface area contributed by atoms with Crippen LogP contribution in [0.1, 0.15) is 69.2 Å². The lowest BCUT2D eigenvalue weighted by molar-refractivity contribution is -0.169. The minimum atomic E-state index is -6.27. The number of halogens is 11. The Bertz CT molecular complexity index is 1670. The highest BCUT2D eigenvalue weighted by Crippen LogP contribution is 2.55. The molecule has 5 rings (SSSR count). The van der Waals surface area contributed by atoms with Crippen LogP contribution in [0.25, 0.3) is 0 Å². The minimum absolute atomic E-state index is 0.000267. The van der Waals surface area contributed by atoms with E-state index in [1.807, 2.05) is 0 Å². The summed E-state index contributed by atoms with van der Waals surface area (Å²) >= 11 is 0. The van der Waals surface area contributed by atoms with E-state index in [4.69, 9.17) is 0 Å². The number of alkyl halides is 9. The lowest BCUT2D eigenvalue weighted by Gasteiger charge is -2.38. The van der Waals surface area contributed by atoms with E-state index in [9.17, 15) is 45.5 Å². The number of esters is 4. The molecule has 0 fully saturated rings. The Kier molecular flexibility index (Phi) is 6.26. The van der Waals surface area contributed by atoms with Crippen LogP contribution in [0, 0.1) is 11.6 Å². The minimum Gasteiger partial charge on any atom is -0.386 e. The van der Waals surface area contributed by atoms with Gasteiger partial charge in [0.15, 0.2) is 0 Å². The average Bonchev–Trinajstić information content (AvgIpc) is 3.30. The number of cyclic esters (lactones) is 4. The number of ether oxygens (including phenoxy) is 2. The lowest BCUT2D eigenvalue weighted by atomic mass is 9.66. The second-order valence-corrected chi connectivity index (χ2v) is 9.15. The molecule has 224 valence electrons. The Balaban J connectivity index is 2.04. The molecule has 0 aliphatic carbocycles. The van der Waals surface area contributed by atoms with Crippen LogP contribution < -0.4 is 0 Å². The molecule has 0 bridgehead atoms. The van der Waals surface area contributed by atoms with Crippen LogP contribution in [0.15, 0.2) is 42.5 Å². The fourth-order valence-corrected chi connectivity index (χ4v) is 4.88. The molecule has 6 nitrogen and oxygen atoms in total. The van der Waals surface area contributed by atoms with Gasteiger partial charge < -0.3 is 9.47 Å². The first-order chi connectivity index (χ1) is 19.7. The van der Waals surface area contributed by atoms with Crippen LogP contribution in [0.3, 0.4) is 0 Å². The monoisotopic (exact) mass is 624 g/mol. The molecule has 3 aromatic carbocycles. The van der Waals surface area contributed by atoms with Gasteiger partial charge in [-0.3, -0.25) is 0 Å². The van der Waals surface area contributed by atoms with Gasteiger partial charge in [-0.05, 0) is 48.0 Å². The van der Waals surface area contributed by atoms with Crippen LogP contribution in [0.2, 0.25) is 0 Å². The highest BCUT2D eigenvalue weighted by molar-refractivity contribution is 6.15. The van der Waals surface area contributed by atoms with Gasteiger partial charge in [-0.1, -0.05) is 0 Å². The standard InChI is InChI=1S/C26H7F11O6/c27-17-6-13-11(19(38)42-21(13)40)4-15(17)23(26(35,36)37,16-5-12-14(7-18(16)28)22(41)43-20(12)39)8-1-9(24(29,30)31)3-10(2-8)25(32,33)34/h1-7H. The van der Waals surface area contributed by atoms with Crippen LogP contribution in [-0.2, 0) is 27.2 Å². The maximum absolute atomic E-state index is 15.6. The largest absolute Gasteiger partial charge is 0.416 e. The second kappa shape index (κ2) is 9.08. The summed E-state index contributed by atoms with van der Waals surface area (Å²) in [4.78, 5) is 48.0. The zero-order valence-electron chi connectivity index (χ0n) is 20.1. The van der Waals surface area contributed by atoms with E-state index >= 15 is 22.0 Å². The van der Waals surface area contributed by atoms with Gasteiger partial charge in [0.25, 0.3) is 0 Å². The first kappa shape index (κ1) is 29.7. The molecule has 0 amide bonds. The Labute approximate surface area is 229 Å². The molecule has 2 heterocycles. The van der Waals surface area contributed by atoms with Gasteiger partial charge in [0.2, 0.25) is 0 Å². The van der Waals surface area contributed by atoms with E-state index < -0.39 is 128 Å². The third-order valence-corrected chi connectivity index (χ3v) is 6.72. The molecule has 3 aromatic rings. The van der Waals surface area contributed by atoms with E-state index in [1.54, 1.807) is 0 Å². The maximum Gasteiger partial charge on any atom is 0.416 e. The number of carbonyl (C=O) groups is 4. The van der Waals surface area contributed by atoms with Gasteiger partial charge in [-0.15, -0.1) is 0 Å². The predicted molar refractivity (Wildman–Crippen MR) is 115 cm³/mol. The van der Waals surface area contributed by atoms with E-state index in [2.05, 4.69) is 9.47 Å². The summed E-state index contributed by atoms with van der Waals surface area (Å²) in [6, 6.07) is -1.51. The average molecular weight is 624 g/mol. The summed E-state index contributed by atoms with van der Waals surface area (Å²) in [5.41, 5.74) is -19.4. The first-order valence-corrected chi connectivity index (χ1v) is 11.3. The highest BCUT2D eigenvalue weighted by atomic mass is 19.4. The molecule has 43 heavy (non-hydrogen) atoms. The van der Waals surface area contributed by atoms with E-state index in [0.29, 0.717) is 0 Å². The molecule has 0 radical (unpaired) electrons. The summed E-state index contributed by atoms with van der Waals surface area (Å²) in [5, 5.41) is 0. The summed E-state index contributed by atoms with van der Waals surface area (Å²) in [7, 11) is 0. The summed E-state index contributed by atoms with van der Waals surface area (Å²) < 4.78 is 168. The van der Waals surface area contributed by atoms with Crippen LogP contribution in [-0.4, -0.2) is 30.1 Å². The zero-order valence-corrected chi connectivity index (χ0v) is 20.1. The maximum atomic E-state index is 15.6. The van der Waals surface area contributed by atoms with Crippen molar-refractivity contribution in [2.75, 3.05) is 0 Å². The number of benzene rings is 3. The van der Waals surface area contributed by atoms with Crippen molar-refractivity contribution in [2.24, 2.45) is 0 Å². The van der Waals surface area contributed by atoms with Gasteiger partial charge in [0, 0.05) is 11.1 Å². The first-order valence-electron chi connectivity index (χ1n) is 11.3. The normalized spacial score (nSPS) is 15.4. The summed E-state index contributed by atoms with van der Waals surface area (Å²) in [6.07, 6.45) is -17.8. The molecule has 0 N–H and O–H groups in total. The fourth-order valence-electron chi connectivity index (χ4n) is 4.88. The molecule has 17 heteroatoms. The Morgan fingerprint density at radius 1 is 0.442 bits per heavy atom. The van der Waals surface area contributed by atoms with E-state index in [-0.39, 0.29) is 24.3 Å². The third kappa shape index (κ3) is 4.40. The van der Waals surface area contributed by atoms with Crippen molar-refractivity contribution < 1.29 is 76.9 Å². The Hall–Kier alpha value is -4.83. The van der Waals surface area contributed by atoms with Crippen molar-refractivity contribution in [3.8, 4) is 0 Å². The van der Waals surface area contributed by atoms with Crippen molar-refractivity contribution in [3.63, 3.8) is 0 Å². The van der Waals surface area contributed by atoms with Crippen molar-refractivity contribution in [1.82, 2.24) is 0 Å². The van der Waals surface area contributed by atoms with Crippen LogP contribution in [0.5, 0.6) is 0 Å². The molecule has 0 saturated heterocycles. The Morgan fingerprint density at radius 3 is 1.05 bits per heavy atom. The van der Waals surface area contributed by atoms with Gasteiger partial charge in [0.05, 0.1) is 33.4 Å². The van der Waals surface area contributed by atoms with E-state index in [1.165, 1.54) is 0 Å². The molecule has 0 atom stereocenters. The molecular formula is C26H7F11O6. The number of fused-ring (bicyclic) bond motifs is 2. The molecule has 0 spiro atoms. The van der Waals surface area contributed by atoms with Gasteiger partial charge in [-0.2, -0.15) is 39.5 Å². The number of carbonyl (C=O) groups excluding carboxylic acids is 4. The van der Waals surface area contributed by atoms with Crippen molar-refractivity contribution in [3.05, 3.63) is 104 Å². The van der Waals surface area contributed by atoms with Crippen molar-refractivity contribution >= 4 is 23.9 Å². The zero-order chi connectivity index (χ0) is 32.0. The van der Waals surface area contributed by atoms with Crippen molar-refractivity contribution in [1.29, 1.82) is 0 Å². The summed E-state index contributed by atoms with van der Waals surface area (Å²) in [6.45, 7) is 0. The fraction of sp³-hybridized carbons (Fsp3) is 0.154. The molecule has 2 aliphatic rings. The SMILES string of the molecule is O=C1OC(=O)c2cc(C(c3cc(C(F)(F)F)cc(C(F)(F)F)c3)(c3cc4c(cc3F)C(=O)OC4=O)C(F)(F)F)c(F)cc21. The molecule has 0 unspecified atom stereocenters. The van der Waals surface area contributed by atoms with E-state index in [0.717, 1.165) is 0 Å². The topological polar surface area (TPSA) is 86.7 Å². The van der Waals surface area contributed by atoms with Gasteiger partial charge >= 0.3 is 42.4 Å². The highest BCUT2D eigenvalue weighted by Gasteiger charge is 2.62. The van der Waals surface area contributed by atoms with Crippen molar-refractivity contribution in [2.45, 2.75) is 23.9 Å². The van der Waals surface area contributed by atoms with Crippen LogP contribution in [0.4, 0.5) is 48.3 Å². The molecule has 0 aromatic heterocycles. The molecule has 2 aliphatic heterocycles. The quantitative estimate of drug-likeness (QED) is 0.143. The number of rotatable bonds is 3. The smallest absolute Gasteiger partial charge is 0.386 e. The van der Waals surface area contributed by atoms with Crippen LogP contribution >= 0.6 is 0 Å². The number of hydrogen-bond donors (Lipinski definition) is 0. The Morgan fingerprint density at radius 2 is 0.744 bits per heavy atom. The molecule has 0 saturated carbocycles. The summed E-state index contributed by atoms with van der Waals surface area (Å²) in [5.74, 6) is -10.7. The van der Waals surface area contributed by atoms with Gasteiger partial charge in [-0.25, -0.2) is 28.0 Å². The predicted octanol–water partition coefficient (Wildman–Crippen LogP) is 6.52. The van der Waals surface area contributed by atoms with Gasteiger partial charge in [0.1, 0.15) is 17.0 Å². The number of hydrogen-bond acceptors (Lipinski definition) is 6. The third-order valence-electron chi connectivity index (χ3n) is 6.72. The second-order valence-electron chi connectivity index (χ2n) is 9.15.